The Morgan fingerprint density at radius 3 is 2.83 bits per heavy atom. The summed E-state index contributed by atoms with van der Waals surface area (Å²) in [5.74, 6) is 1.10. The van der Waals surface area contributed by atoms with Crippen LogP contribution in [0.4, 0.5) is 0 Å². The number of aromatic nitrogens is 2. The molecular formula is C15H21N3. The van der Waals surface area contributed by atoms with Gasteiger partial charge in [0.25, 0.3) is 0 Å². The van der Waals surface area contributed by atoms with Crippen LogP contribution in [-0.2, 0) is 13.5 Å². The van der Waals surface area contributed by atoms with Crippen molar-refractivity contribution in [3.8, 4) is 0 Å². The van der Waals surface area contributed by atoms with E-state index in [1.807, 2.05) is 26.5 Å². The van der Waals surface area contributed by atoms with Gasteiger partial charge >= 0.3 is 0 Å². The minimum absolute atomic E-state index is 0.436. The van der Waals surface area contributed by atoms with Gasteiger partial charge in [0.2, 0.25) is 0 Å². The molecule has 1 N–H and O–H groups in total. The minimum Gasteiger partial charge on any atom is -0.338 e. The molecule has 2 rings (SSSR count). The highest BCUT2D eigenvalue weighted by Gasteiger charge is 2.08. The van der Waals surface area contributed by atoms with E-state index in [1.165, 1.54) is 11.1 Å². The third kappa shape index (κ3) is 2.79. The fourth-order valence-corrected chi connectivity index (χ4v) is 2.28. The van der Waals surface area contributed by atoms with Gasteiger partial charge in [0, 0.05) is 31.9 Å². The summed E-state index contributed by atoms with van der Waals surface area (Å²) in [5, 5.41) is 3.34. The van der Waals surface area contributed by atoms with Crippen LogP contribution in [0.2, 0.25) is 0 Å². The first kappa shape index (κ1) is 12.8. The number of hydrogen-bond donors (Lipinski definition) is 1. The van der Waals surface area contributed by atoms with Crippen LogP contribution >= 0.6 is 0 Å². The zero-order valence-corrected chi connectivity index (χ0v) is 11.4. The summed E-state index contributed by atoms with van der Waals surface area (Å²) < 4.78 is 2.07. The molecule has 3 nitrogen and oxygen atoms in total. The third-order valence-corrected chi connectivity index (χ3v) is 3.39. The lowest BCUT2D eigenvalue weighted by Gasteiger charge is -2.15. The van der Waals surface area contributed by atoms with Gasteiger partial charge in [0.1, 0.15) is 5.82 Å². The molecule has 0 bridgehead atoms. The SMILES string of the molecule is CCC(NC)c1cccc(Cc2nccn2C)c1. The summed E-state index contributed by atoms with van der Waals surface area (Å²) in [5.41, 5.74) is 2.67. The lowest BCUT2D eigenvalue weighted by molar-refractivity contribution is 0.576. The normalized spacial score (nSPS) is 12.6. The standard InChI is InChI=1S/C15H21N3/c1-4-14(16-2)13-7-5-6-12(10-13)11-15-17-8-9-18(15)3/h5-10,14,16H,4,11H2,1-3H3. The molecule has 0 amide bonds. The van der Waals surface area contributed by atoms with Crippen LogP contribution in [-0.4, -0.2) is 16.6 Å². The van der Waals surface area contributed by atoms with Crippen LogP contribution in [0.25, 0.3) is 0 Å². The summed E-state index contributed by atoms with van der Waals surface area (Å²) in [6, 6.07) is 9.20. The second kappa shape index (κ2) is 5.83. The molecule has 0 radical (unpaired) electrons. The van der Waals surface area contributed by atoms with Crippen molar-refractivity contribution >= 4 is 0 Å². The van der Waals surface area contributed by atoms with Gasteiger partial charge in [-0.15, -0.1) is 0 Å². The molecular weight excluding hydrogens is 222 g/mol. The van der Waals surface area contributed by atoms with Crippen LogP contribution in [0.3, 0.4) is 0 Å². The van der Waals surface area contributed by atoms with E-state index in [9.17, 15) is 0 Å². The highest BCUT2D eigenvalue weighted by atomic mass is 15.0. The maximum atomic E-state index is 4.37. The molecule has 1 atom stereocenters. The molecule has 96 valence electrons. The summed E-state index contributed by atoms with van der Waals surface area (Å²) in [7, 11) is 4.05. The molecule has 0 aliphatic carbocycles. The highest BCUT2D eigenvalue weighted by Crippen LogP contribution is 2.18. The van der Waals surface area contributed by atoms with Gasteiger partial charge in [-0.3, -0.25) is 0 Å². The van der Waals surface area contributed by atoms with Crippen molar-refractivity contribution in [2.24, 2.45) is 7.05 Å². The van der Waals surface area contributed by atoms with Gasteiger partial charge in [0.05, 0.1) is 0 Å². The predicted octanol–water partition coefficient (Wildman–Crippen LogP) is 2.68. The first-order valence-corrected chi connectivity index (χ1v) is 6.47. The van der Waals surface area contributed by atoms with Crippen LogP contribution in [0.1, 0.15) is 36.3 Å². The Kier molecular flexibility index (Phi) is 4.15. The van der Waals surface area contributed by atoms with Crippen molar-refractivity contribution in [1.82, 2.24) is 14.9 Å². The first-order valence-electron chi connectivity index (χ1n) is 6.47. The number of benzene rings is 1. The molecule has 0 aliphatic rings. The van der Waals surface area contributed by atoms with E-state index in [4.69, 9.17) is 0 Å². The average Bonchev–Trinajstić information content (AvgIpc) is 2.77. The van der Waals surface area contributed by atoms with Crippen LogP contribution < -0.4 is 5.32 Å². The van der Waals surface area contributed by atoms with Gasteiger partial charge in [-0.05, 0) is 24.6 Å². The molecule has 1 unspecified atom stereocenters. The van der Waals surface area contributed by atoms with Gasteiger partial charge in [-0.1, -0.05) is 31.2 Å². The zero-order valence-electron chi connectivity index (χ0n) is 11.4. The van der Waals surface area contributed by atoms with E-state index in [-0.39, 0.29) is 0 Å². The van der Waals surface area contributed by atoms with Crippen molar-refractivity contribution in [3.05, 3.63) is 53.6 Å². The Morgan fingerprint density at radius 2 is 2.22 bits per heavy atom. The summed E-state index contributed by atoms with van der Waals surface area (Å²) in [6.45, 7) is 2.20. The number of aryl methyl sites for hydroxylation is 1. The maximum absolute atomic E-state index is 4.37. The Morgan fingerprint density at radius 1 is 1.39 bits per heavy atom. The largest absolute Gasteiger partial charge is 0.338 e. The van der Waals surface area contributed by atoms with E-state index < -0.39 is 0 Å². The van der Waals surface area contributed by atoms with Crippen LogP contribution in [0, 0.1) is 0 Å². The molecule has 2 aromatic rings. The quantitative estimate of drug-likeness (QED) is 0.875. The fraction of sp³-hybridized carbons (Fsp3) is 0.400. The summed E-state index contributed by atoms with van der Waals surface area (Å²) >= 11 is 0. The van der Waals surface area contributed by atoms with Gasteiger partial charge < -0.3 is 9.88 Å². The second-order valence-corrected chi connectivity index (χ2v) is 4.63. The second-order valence-electron chi connectivity index (χ2n) is 4.63. The van der Waals surface area contributed by atoms with E-state index in [0.29, 0.717) is 6.04 Å². The smallest absolute Gasteiger partial charge is 0.112 e. The predicted molar refractivity (Wildman–Crippen MR) is 74.5 cm³/mol. The van der Waals surface area contributed by atoms with Crippen LogP contribution in [0.15, 0.2) is 36.7 Å². The molecule has 0 fully saturated rings. The lowest BCUT2D eigenvalue weighted by Crippen LogP contribution is -2.15. The molecule has 3 heteroatoms. The van der Waals surface area contributed by atoms with Crippen molar-refractivity contribution in [2.75, 3.05) is 7.05 Å². The van der Waals surface area contributed by atoms with Crippen molar-refractivity contribution in [2.45, 2.75) is 25.8 Å². The minimum atomic E-state index is 0.436. The molecule has 0 saturated carbocycles. The average molecular weight is 243 g/mol. The van der Waals surface area contributed by atoms with Crippen LogP contribution in [0.5, 0.6) is 0 Å². The number of hydrogen-bond acceptors (Lipinski definition) is 2. The Balaban J connectivity index is 2.19. The number of imidazole rings is 1. The first-order chi connectivity index (χ1) is 8.74. The van der Waals surface area contributed by atoms with Crippen molar-refractivity contribution in [3.63, 3.8) is 0 Å². The highest BCUT2D eigenvalue weighted by molar-refractivity contribution is 5.28. The Bertz CT molecular complexity index is 498. The number of rotatable bonds is 5. The van der Waals surface area contributed by atoms with Gasteiger partial charge in [-0.25, -0.2) is 4.98 Å². The molecule has 0 spiro atoms. The van der Waals surface area contributed by atoms with Gasteiger partial charge in [0.15, 0.2) is 0 Å². The molecule has 1 aromatic heterocycles. The van der Waals surface area contributed by atoms with E-state index in [2.05, 4.69) is 46.1 Å². The van der Waals surface area contributed by atoms with E-state index in [1.54, 1.807) is 0 Å². The van der Waals surface area contributed by atoms with E-state index in [0.717, 1.165) is 18.7 Å². The number of nitrogens with zero attached hydrogens (tertiary/aromatic N) is 2. The molecule has 1 aromatic carbocycles. The molecule has 18 heavy (non-hydrogen) atoms. The van der Waals surface area contributed by atoms with Crippen molar-refractivity contribution < 1.29 is 0 Å². The molecule has 0 aliphatic heterocycles. The number of nitrogens with one attached hydrogen (secondary N) is 1. The monoisotopic (exact) mass is 243 g/mol. The molecule has 1 heterocycles. The molecule has 0 saturated heterocycles. The Hall–Kier alpha value is -1.61. The Labute approximate surface area is 109 Å². The maximum Gasteiger partial charge on any atom is 0.112 e. The summed E-state index contributed by atoms with van der Waals surface area (Å²) in [6.07, 6.45) is 5.82. The van der Waals surface area contributed by atoms with E-state index >= 15 is 0 Å². The van der Waals surface area contributed by atoms with Gasteiger partial charge in [-0.2, -0.15) is 0 Å². The lowest BCUT2D eigenvalue weighted by atomic mass is 10.0. The topological polar surface area (TPSA) is 29.9 Å². The summed E-state index contributed by atoms with van der Waals surface area (Å²) in [4.78, 5) is 4.37. The fourth-order valence-electron chi connectivity index (χ4n) is 2.28. The zero-order chi connectivity index (χ0) is 13.0. The van der Waals surface area contributed by atoms with Crippen molar-refractivity contribution in [1.29, 1.82) is 0 Å². The third-order valence-electron chi connectivity index (χ3n) is 3.39.